The Balaban J connectivity index is 1.90. The van der Waals surface area contributed by atoms with Crippen molar-refractivity contribution >= 4 is 11.9 Å². The third kappa shape index (κ3) is 5.12. The van der Waals surface area contributed by atoms with Crippen LogP contribution in [0.15, 0.2) is 24.3 Å². The van der Waals surface area contributed by atoms with Gasteiger partial charge in [-0.3, -0.25) is 4.79 Å². The monoisotopic (exact) mass is 347 g/mol. The van der Waals surface area contributed by atoms with Crippen molar-refractivity contribution in [3.8, 4) is 5.75 Å². The Kier molecular flexibility index (Phi) is 5.66. The number of carboxylic acids is 1. The molecule has 9 heteroatoms. The Bertz CT molecular complexity index is 605. The first kappa shape index (κ1) is 18.1. The van der Waals surface area contributed by atoms with Crippen LogP contribution >= 0.6 is 0 Å². The standard InChI is InChI=1S/C15H16F3NO5/c16-15(17,18)8-23-10-4-2-1-3-9(10)7-19-13(20)11-5-6-12(24-11)14(21)22/h1-4,11-12H,5-8H2,(H,19,20)(H,21,22)/t11-,12+/m0/s1. The van der Waals surface area contributed by atoms with Gasteiger partial charge in [0.25, 0.3) is 0 Å². The minimum Gasteiger partial charge on any atom is -0.484 e. The molecular weight excluding hydrogens is 331 g/mol. The summed E-state index contributed by atoms with van der Waals surface area (Å²) in [5.41, 5.74) is 0.378. The van der Waals surface area contributed by atoms with Crippen molar-refractivity contribution in [1.82, 2.24) is 5.32 Å². The van der Waals surface area contributed by atoms with E-state index in [1.807, 2.05) is 0 Å². The van der Waals surface area contributed by atoms with Gasteiger partial charge in [0.2, 0.25) is 5.91 Å². The molecular formula is C15H16F3NO5. The number of carbonyl (C=O) groups excluding carboxylic acids is 1. The van der Waals surface area contributed by atoms with Gasteiger partial charge < -0.3 is 19.9 Å². The van der Waals surface area contributed by atoms with Gasteiger partial charge in [0, 0.05) is 12.1 Å². The van der Waals surface area contributed by atoms with E-state index in [4.69, 9.17) is 14.6 Å². The summed E-state index contributed by atoms with van der Waals surface area (Å²) in [4.78, 5) is 22.7. The second-order valence-corrected chi connectivity index (χ2v) is 5.26. The minimum atomic E-state index is -4.46. The highest BCUT2D eigenvalue weighted by atomic mass is 19.4. The average molecular weight is 347 g/mol. The lowest BCUT2D eigenvalue weighted by Crippen LogP contribution is -2.35. The Labute approximate surface area is 135 Å². The molecule has 1 aromatic carbocycles. The van der Waals surface area contributed by atoms with Crippen LogP contribution in [0.5, 0.6) is 5.75 Å². The molecule has 2 N–H and O–H groups in total. The lowest BCUT2D eigenvalue weighted by molar-refractivity contribution is -0.154. The summed E-state index contributed by atoms with van der Waals surface area (Å²) >= 11 is 0. The van der Waals surface area contributed by atoms with Gasteiger partial charge in [-0.15, -0.1) is 0 Å². The summed E-state index contributed by atoms with van der Waals surface area (Å²) in [6.45, 7) is -1.48. The zero-order chi connectivity index (χ0) is 17.7. The average Bonchev–Trinajstić information content (AvgIpc) is 3.01. The van der Waals surface area contributed by atoms with Crippen molar-refractivity contribution in [2.24, 2.45) is 0 Å². The van der Waals surface area contributed by atoms with E-state index in [9.17, 15) is 22.8 Å². The first-order valence-corrected chi connectivity index (χ1v) is 7.19. The Morgan fingerprint density at radius 3 is 2.54 bits per heavy atom. The van der Waals surface area contributed by atoms with Crippen molar-refractivity contribution in [1.29, 1.82) is 0 Å². The SMILES string of the molecule is O=C(NCc1ccccc1OCC(F)(F)F)[C@@H]1CC[C@H](C(=O)O)O1. The van der Waals surface area contributed by atoms with Crippen molar-refractivity contribution in [2.45, 2.75) is 37.8 Å². The van der Waals surface area contributed by atoms with E-state index in [1.165, 1.54) is 18.2 Å². The van der Waals surface area contributed by atoms with E-state index in [0.29, 0.717) is 5.56 Å². The fraction of sp³-hybridized carbons (Fsp3) is 0.467. The van der Waals surface area contributed by atoms with E-state index in [-0.39, 0.29) is 25.1 Å². The maximum atomic E-state index is 12.2. The molecule has 1 fully saturated rings. The van der Waals surface area contributed by atoms with E-state index < -0.39 is 36.9 Å². The molecule has 0 spiro atoms. The summed E-state index contributed by atoms with van der Waals surface area (Å²) in [5, 5.41) is 11.3. The topological polar surface area (TPSA) is 84.9 Å². The summed E-state index contributed by atoms with van der Waals surface area (Å²) in [5.74, 6) is -1.62. The Morgan fingerprint density at radius 2 is 1.92 bits per heavy atom. The number of amides is 1. The fourth-order valence-electron chi connectivity index (χ4n) is 2.26. The smallest absolute Gasteiger partial charge is 0.422 e. The Morgan fingerprint density at radius 1 is 1.25 bits per heavy atom. The quantitative estimate of drug-likeness (QED) is 0.821. The molecule has 1 aliphatic rings. The first-order chi connectivity index (χ1) is 11.3. The Hall–Kier alpha value is -2.29. The van der Waals surface area contributed by atoms with E-state index in [2.05, 4.69) is 5.32 Å². The van der Waals surface area contributed by atoms with Crippen molar-refractivity contribution in [3.05, 3.63) is 29.8 Å². The highest BCUT2D eigenvalue weighted by Crippen LogP contribution is 2.23. The van der Waals surface area contributed by atoms with Crippen LogP contribution in [-0.4, -0.2) is 42.0 Å². The number of nitrogens with one attached hydrogen (secondary N) is 1. The summed E-state index contributed by atoms with van der Waals surface area (Å²) in [7, 11) is 0. The largest absolute Gasteiger partial charge is 0.484 e. The molecule has 1 aliphatic heterocycles. The van der Waals surface area contributed by atoms with Crippen LogP contribution in [0.4, 0.5) is 13.2 Å². The lowest BCUT2D eigenvalue weighted by atomic mass is 10.1. The molecule has 1 heterocycles. The van der Waals surface area contributed by atoms with Gasteiger partial charge in [0.15, 0.2) is 12.7 Å². The predicted octanol–water partition coefficient (Wildman–Crippen LogP) is 1.88. The number of carbonyl (C=O) groups is 2. The number of para-hydroxylation sites is 1. The number of benzene rings is 1. The van der Waals surface area contributed by atoms with Crippen LogP contribution in [-0.2, 0) is 20.9 Å². The van der Waals surface area contributed by atoms with Crippen LogP contribution in [0.2, 0.25) is 0 Å². The third-order valence-electron chi connectivity index (χ3n) is 3.40. The summed E-state index contributed by atoms with van der Waals surface area (Å²) < 4.78 is 46.5. The zero-order valence-corrected chi connectivity index (χ0v) is 12.5. The highest BCUT2D eigenvalue weighted by Gasteiger charge is 2.34. The zero-order valence-electron chi connectivity index (χ0n) is 12.5. The first-order valence-electron chi connectivity index (χ1n) is 7.19. The molecule has 0 unspecified atom stereocenters. The second-order valence-electron chi connectivity index (χ2n) is 5.26. The molecule has 0 bridgehead atoms. The number of ether oxygens (including phenoxy) is 2. The molecule has 2 atom stereocenters. The van der Waals surface area contributed by atoms with Crippen LogP contribution in [0, 0.1) is 0 Å². The normalized spacial score (nSPS) is 20.6. The van der Waals surface area contributed by atoms with Gasteiger partial charge in [0.05, 0.1) is 0 Å². The second kappa shape index (κ2) is 7.52. The van der Waals surface area contributed by atoms with Crippen LogP contribution in [0.3, 0.4) is 0 Å². The lowest BCUT2D eigenvalue weighted by Gasteiger charge is -2.15. The third-order valence-corrected chi connectivity index (χ3v) is 3.40. The van der Waals surface area contributed by atoms with Gasteiger partial charge in [-0.05, 0) is 18.9 Å². The minimum absolute atomic E-state index is 0.0193. The number of rotatable bonds is 6. The molecule has 2 rings (SSSR count). The molecule has 0 aromatic heterocycles. The summed E-state index contributed by atoms with van der Waals surface area (Å²) in [6, 6.07) is 6.03. The number of hydrogen-bond acceptors (Lipinski definition) is 4. The van der Waals surface area contributed by atoms with Crippen molar-refractivity contribution in [3.63, 3.8) is 0 Å². The van der Waals surface area contributed by atoms with Crippen molar-refractivity contribution < 1.29 is 37.3 Å². The molecule has 1 amide bonds. The van der Waals surface area contributed by atoms with Gasteiger partial charge in [-0.1, -0.05) is 18.2 Å². The molecule has 6 nitrogen and oxygen atoms in total. The van der Waals surface area contributed by atoms with Crippen molar-refractivity contribution in [2.75, 3.05) is 6.61 Å². The predicted molar refractivity (Wildman–Crippen MR) is 75.4 cm³/mol. The van der Waals surface area contributed by atoms with Gasteiger partial charge in [-0.25, -0.2) is 4.79 Å². The maximum Gasteiger partial charge on any atom is 0.422 e. The molecule has 0 saturated carbocycles. The van der Waals surface area contributed by atoms with Gasteiger partial charge in [0.1, 0.15) is 11.9 Å². The number of hydrogen-bond donors (Lipinski definition) is 2. The van der Waals surface area contributed by atoms with Gasteiger partial charge >= 0.3 is 12.1 Å². The highest BCUT2D eigenvalue weighted by molar-refractivity contribution is 5.82. The molecule has 24 heavy (non-hydrogen) atoms. The van der Waals surface area contributed by atoms with Crippen LogP contribution in [0.25, 0.3) is 0 Å². The van der Waals surface area contributed by atoms with E-state index >= 15 is 0 Å². The summed E-state index contributed by atoms with van der Waals surface area (Å²) in [6.07, 6.45) is -5.84. The number of aliphatic carboxylic acids is 1. The van der Waals surface area contributed by atoms with Gasteiger partial charge in [-0.2, -0.15) is 13.2 Å². The van der Waals surface area contributed by atoms with Crippen LogP contribution in [0.1, 0.15) is 18.4 Å². The van der Waals surface area contributed by atoms with Crippen LogP contribution < -0.4 is 10.1 Å². The fourth-order valence-corrected chi connectivity index (χ4v) is 2.26. The molecule has 132 valence electrons. The van der Waals surface area contributed by atoms with E-state index in [1.54, 1.807) is 6.07 Å². The molecule has 0 radical (unpaired) electrons. The molecule has 1 saturated heterocycles. The maximum absolute atomic E-state index is 12.2. The van der Waals surface area contributed by atoms with E-state index in [0.717, 1.165) is 0 Å². The number of alkyl halides is 3. The molecule has 0 aliphatic carbocycles. The molecule has 1 aromatic rings. The number of halogens is 3. The number of carboxylic acid groups (broad SMARTS) is 1.